The lowest BCUT2D eigenvalue weighted by molar-refractivity contribution is 0.347. The van der Waals surface area contributed by atoms with Gasteiger partial charge in [0, 0.05) is 6.54 Å². The molecule has 110 valence electrons. The zero-order chi connectivity index (χ0) is 13.8. The van der Waals surface area contributed by atoms with Crippen LogP contribution in [0, 0.1) is 0 Å². The molecule has 2 fully saturated rings. The Hall–Kier alpha value is -0.860. The van der Waals surface area contributed by atoms with Crippen molar-refractivity contribution in [1.82, 2.24) is 10.2 Å². The minimum Gasteiger partial charge on any atom is -0.316 e. The Morgan fingerprint density at radius 3 is 2.60 bits per heavy atom. The van der Waals surface area contributed by atoms with E-state index >= 15 is 0 Å². The molecule has 2 unspecified atom stereocenters. The van der Waals surface area contributed by atoms with Gasteiger partial charge < -0.3 is 10.2 Å². The third-order valence-corrected chi connectivity index (χ3v) is 5.10. The van der Waals surface area contributed by atoms with Gasteiger partial charge >= 0.3 is 0 Å². The number of benzene rings is 1. The molecular formula is C18H28N2. The van der Waals surface area contributed by atoms with Gasteiger partial charge in [-0.2, -0.15) is 0 Å². The largest absolute Gasteiger partial charge is 0.316 e. The van der Waals surface area contributed by atoms with Crippen LogP contribution >= 0.6 is 0 Å². The molecule has 1 N–H and O–H groups in total. The van der Waals surface area contributed by atoms with Gasteiger partial charge in [-0.1, -0.05) is 24.3 Å². The molecule has 0 aromatic heterocycles. The molecule has 0 bridgehead atoms. The predicted molar refractivity (Wildman–Crippen MR) is 85.4 cm³/mol. The lowest BCUT2D eigenvalue weighted by Crippen LogP contribution is -2.28. The normalized spacial score (nSPS) is 29.1. The summed E-state index contributed by atoms with van der Waals surface area (Å²) in [6, 6.07) is 9.49. The molecule has 0 aliphatic carbocycles. The van der Waals surface area contributed by atoms with Crippen LogP contribution in [-0.2, 0) is 0 Å². The Kier molecular flexibility index (Phi) is 4.74. The maximum absolute atomic E-state index is 3.54. The number of nitrogens with one attached hydrogen (secondary N) is 1. The van der Waals surface area contributed by atoms with Crippen LogP contribution in [0.2, 0.25) is 0 Å². The van der Waals surface area contributed by atoms with Gasteiger partial charge in [0.2, 0.25) is 0 Å². The van der Waals surface area contributed by atoms with Crippen LogP contribution in [0.5, 0.6) is 0 Å². The number of likely N-dealkylation sites (tertiary alicyclic amines) is 1. The Bertz CT molecular complexity index is 423. The number of piperidine rings is 1. The van der Waals surface area contributed by atoms with Gasteiger partial charge in [-0.25, -0.2) is 0 Å². The van der Waals surface area contributed by atoms with E-state index in [1.54, 1.807) is 11.1 Å². The van der Waals surface area contributed by atoms with Gasteiger partial charge in [-0.15, -0.1) is 0 Å². The van der Waals surface area contributed by atoms with Crippen molar-refractivity contribution in [2.45, 2.75) is 43.9 Å². The van der Waals surface area contributed by atoms with E-state index in [1.807, 2.05) is 0 Å². The van der Waals surface area contributed by atoms with Crippen molar-refractivity contribution in [3.63, 3.8) is 0 Å². The van der Waals surface area contributed by atoms with E-state index in [9.17, 15) is 0 Å². The van der Waals surface area contributed by atoms with E-state index in [-0.39, 0.29) is 0 Å². The standard InChI is InChI=1S/C18H28N2/c1-20-11-4-8-15(9-12-20)16-5-2-6-17(13-16)18-7-3-10-19-14-18/h2,5-6,13,15,18-19H,3-4,7-12,14H2,1H3. The Balaban J connectivity index is 1.72. The first-order valence-electron chi connectivity index (χ1n) is 8.32. The maximum Gasteiger partial charge on any atom is 0.00201 e. The highest BCUT2D eigenvalue weighted by Crippen LogP contribution is 2.31. The second-order valence-electron chi connectivity index (χ2n) is 6.64. The minimum atomic E-state index is 0.733. The quantitative estimate of drug-likeness (QED) is 0.888. The Morgan fingerprint density at radius 2 is 1.80 bits per heavy atom. The third-order valence-electron chi connectivity index (χ3n) is 5.10. The fraction of sp³-hybridized carbons (Fsp3) is 0.667. The minimum absolute atomic E-state index is 0.733. The van der Waals surface area contributed by atoms with Gasteiger partial charge in [0.25, 0.3) is 0 Å². The van der Waals surface area contributed by atoms with Crippen LogP contribution < -0.4 is 5.32 Å². The van der Waals surface area contributed by atoms with Crippen LogP contribution in [0.1, 0.15) is 55.1 Å². The first-order valence-corrected chi connectivity index (χ1v) is 8.32. The average Bonchev–Trinajstić information content (AvgIpc) is 2.73. The molecule has 2 nitrogen and oxygen atoms in total. The zero-order valence-corrected chi connectivity index (χ0v) is 12.8. The van der Waals surface area contributed by atoms with Crippen LogP contribution in [-0.4, -0.2) is 38.1 Å². The molecule has 20 heavy (non-hydrogen) atoms. The summed E-state index contributed by atoms with van der Waals surface area (Å²) >= 11 is 0. The molecule has 1 aromatic carbocycles. The fourth-order valence-electron chi connectivity index (χ4n) is 3.78. The second-order valence-corrected chi connectivity index (χ2v) is 6.64. The Morgan fingerprint density at radius 1 is 1.00 bits per heavy atom. The van der Waals surface area contributed by atoms with E-state index in [2.05, 4.69) is 41.5 Å². The molecule has 2 aliphatic rings. The van der Waals surface area contributed by atoms with Crippen LogP contribution in [0.3, 0.4) is 0 Å². The Labute approximate surface area is 123 Å². The van der Waals surface area contributed by atoms with Crippen molar-refractivity contribution in [3.8, 4) is 0 Å². The molecule has 2 atom stereocenters. The van der Waals surface area contributed by atoms with Gasteiger partial charge in [0.1, 0.15) is 0 Å². The lowest BCUT2D eigenvalue weighted by atomic mass is 9.86. The first kappa shape index (κ1) is 14.1. The van der Waals surface area contributed by atoms with Crippen molar-refractivity contribution in [2.24, 2.45) is 0 Å². The summed E-state index contributed by atoms with van der Waals surface area (Å²) in [5.74, 6) is 1.51. The summed E-state index contributed by atoms with van der Waals surface area (Å²) < 4.78 is 0. The summed E-state index contributed by atoms with van der Waals surface area (Å²) in [6.07, 6.45) is 6.70. The van der Waals surface area contributed by atoms with E-state index in [4.69, 9.17) is 0 Å². The topological polar surface area (TPSA) is 15.3 Å². The van der Waals surface area contributed by atoms with Crippen molar-refractivity contribution >= 4 is 0 Å². The summed E-state index contributed by atoms with van der Waals surface area (Å²) in [4.78, 5) is 2.48. The highest BCUT2D eigenvalue weighted by molar-refractivity contribution is 5.29. The number of rotatable bonds is 2. The van der Waals surface area contributed by atoms with E-state index < -0.39 is 0 Å². The maximum atomic E-state index is 3.54. The van der Waals surface area contributed by atoms with Crippen molar-refractivity contribution in [3.05, 3.63) is 35.4 Å². The molecule has 0 spiro atoms. The second kappa shape index (κ2) is 6.73. The smallest absolute Gasteiger partial charge is 0.00201 e. The molecule has 3 rings (SSSR count). The summed E-state index contributed by atoms with van der Waals surface area (Å²) in [6.45, 7) is 4.88. The molecule has 0 amide bonds. The number of nitrogens with zero attached hydrogens (tertiary/aromatic N) is 1. The van der Waals surface area contributed by atoms with Gasteiger partial charge in [0.15, 0.2) is 0 Å². The highest BCUT2D eigenvalue weighted by atomic mass is 15.1. The molecular weight excluding hydrogens is 244 g/mol. The number of hydrogen-bond acceptors (Lipinski definition) is 2. The van der Waals surface area contributed by atoms with Gasteiger partial charge in [-0.05, 0) is 81.7 Å². The van der Waals surface area contributed by atoms with Gasteiger partial charge in [-0.3, -0.25) is 0 Å². The molecule has 2 saturated heterocycles. The summed E-state index contributed by atoms with van der Waals surface area (Å²) in [5.41, 5.74) is 3.15. The SMILES string of the molecule is CN1CCCC(c2cccc(C3CCCNC3)c2)CC1. The van der Waals surface area contributed by atoms with Crippen molar-refractivity contribution in [2.75, 3.05) is 33.2 Å². The van der Waals surface area contributed by atoms with Crippen LogP contribution in [0.4, 0.5) is 0 Å². The van der Waals surface area contributed by atoms with E-state index in [1.165, 1.54) is 51.7 Å². The zero-order valence-electron chi connectivity index (χ0n) is 12.8. The van der Waals surface area contributed by atoms with E-state index in [0.717, 1.165) is 18.4 Å². The van der Waals surface area contributed by atoms with Crippen LogP contribution in [0.15, 0.2) is 24.3 Å². The monoisotopic (exact) mass is 272 g/mol. The molecule has 2 heteroatoms. The number of hydrogen-bond donors (Lipinski definition) is 1. The summed E-state index contributed by atoms with van der Waals surface area (Å²) in [5, 5.41) is 3.54. The molecule has 0 radical (unpaired) electrons. The fourth-order valence-corrected chi connectivity index (χ4v) is 3.78. The van der Waals surface area contributed by atoms with E-state index in [0.29, 0.717) is 0 Å². The molecule has 0 saturated carbocycles. The lowest BCUT2D eigenvalue weighted by Gasteiger charge is -2.24. The average molecular weight is 272 g/mol. The third kappa shape index (κ3) is 3.42. The van der Waals surface area contributed by atoms with Crippen molar-refractivity contribution < 1.29 is 0 Å². The summed E-state index contributed by atoms with van der Waals surface area (Å²) in [7, 11) is 2.26. The molecule has 1 aromatic rings. The molecule has 2 heterocycles. The van der Waals surface area contributed by atoms with Gasteiger partial charge in [0.05, 0.1) is 0 Å². The van der Waals surface area contributed by atoms with Crippen molar-refractivity contribution in [1.29, 1.82) is 0 Å². The highest BCUT2D eigenvalue weighted by Gasteiger charge is 2.19. The predicted octanol–water partition coefficient (Wildman–Crippen LogP) is 3.35. The molecule has 2 aliphatic heterocycles. The van der Waals surface area contributed by atoms with Crippen LogP contribution in [0.25, 0.3) is 0 Å². The first-order chi connectivity index (χ1) is 9.83.